The molecule has 0 aliphatic rings. The molecule has 0 radical (unpaired) electrons. The molecule has 0 unspecified atom stereocenters. The van der Waals surface area contributed by atoms with E-state index in [2.05, 4.69) is 29.9 Å². The minimum absolute atomic E-state index is 0. The molecule has 12 aromatic rings. The molecule has 0 spiro atoms. The molecule has 6 aromatic carbocycles. The zero-order valence-corrected chi connectivity index (χ0v) is 47.7. The van der Waals surface area contributed by atoms with E-state index in [1.54, 1.807) is 68.0 Å². The van der Waals surface area contributed by atoms with Gasteiger partial charge in [-0.15, -0.1) is 0 Å². The van der Waals surface area contributed by atoms with Crippen molar-refractivity contribution in [1.82, 2.24) is 29.9 Å². The number of para-hydroxylation sites is 6. The Labute approximate surface area is 502 Å². The third-order valence-corrected chi connectivity index (χ3v) is 14.7. The second-order valence-electron chi connectivity index (χ2n) is 11.7. The maximum absolute atomic E-state index is 4.92. The van der Waals surface area contributed by atoms with Crippen LogP contribution in [0.15, 0.2) is 172 Å². The van der Waals surface area contributed by atoms with Gasteiger partial charge in [-0.3, -0.25) is 29.9 Å². The molecular weight excluding hydrogens is 1350 g/mol. The molecule has 0 bridgehead atoms. The second-order valence-corrected chi connectivity index (χ2v) is 21.7. The first kappa shape index (κ1) is 63.1. The third kappa shape index (κ3) is 19.0. The van der Waals surface area contributed by atoms with Gasteiger partial charge in [-0.05, 0) is 90.6 Å². The summed E-state index contributed by atoms with van der Waals surface area (Å²) in [5.74, 6) is 0. The van der Waals surface area contributed by atoms with Gasteiger partial charge >= 0.3 is 102 Å². The molecular formula is C42H24Cu6N6S12. The normalized spacial score (nSPS) is 9.45. The van der Waals surface area contributed by atoms with E-state index in [-0.39, 0.29) is 102 Å². The summed E-state index contributed by atoms with van der Waals surface area (Å²) in [6.07, 6.45) is 0. The molecule has 6 aromatic heterocycles. The van der Waals surface area contributed by atoms with Gasteiger partial charge in [-0.1, -0.05) is 109 Å². The number of hydrogen-bond acceptors (Lipinski definition) is 18. The van der Waals surface area contributed by atoms with Gasteiger partial charge in [0.1, 0.15) is 0 Å². The van der Waals surface area contributed by atoms with E-state index in [1.165, 1.54) is 28.2 Å². The van der Waals surface area contributed by atoms with Crippen LogP contribution >= 0.6 is 68.0 Å². The van der Waals surface area contributed by atoms with E-state index in [0.717, 1.165) is 59.1 Å². The Balaban J connectivity index is 0.000000389. The topological polar surface area (TPSA) is 77.3 Å². The molecule has 12 rings (SSSR count). The van der Waals surface area contributed by atoms with Gasteiger partial charge in [-0.2, -0.15) is 0 Å². The SMILES string of the molecule is [Cu+].[Cu+].[Cu+].[Cu+].[Cu+].[Cu+].[S-]c1nc2ccccc2s1.[S-]c1nc2ccccc2s1.[S-]c1nc2ccccc2s1.[S-]c1nc2ccccc2s1.[S-]c1nc2ccccc2s1.[S-]c1nc2ccccc2s1. The van der Waals surface area contributed by atoms with Crippen LogP contribution in [0.2, 0.25) is 0 Å². The molecule has 0 aliphatic carbocycles. The Hall–Kier alpha value is -0.903. The zero-order valence-electron chi connectivity index (χ0n) is 32.2. The Morgan fingerprint density at radius 1 is 0.212 bits per heavy atom. The van der Waals surface area contributed by atoms with Crippen molar-refractivity contribution in [3.05, 3.63) is 146 Å². The number of nitrogens with zero attached hydrogens (tertiary/aromatic N) is 6. The van der Waals surface area contributed by atoms with E-state index in [0.29, 0.717) is 0 Å². The maximum atomic E-state index is 4.92. The number of thiazole rings is 6. The number of rotatable bonds is 0. The Morgan fingerprint density at radius 3 is 0.455 bits per heavy atom. The Bertz CT molecular complexity index is 2510. The van der Waals surface area contributed by atoms with Gasteiger partial charge in [0.25, 0.3) is 0 Å². The first-order chi connectivity index (χ1) is 29.2. The smallest absolute Gasteiger partial charge is 0.408 e. The van der Waals surface area contributed by atoms with Gasteiger partial charge in [0.05, 0.1) is 33.1 Å². The van der Waals surface area contributed by atoms with E-state index < -0.39 is 0 Å². The summed E-state index contributed by atoms with van der Waals surface area (Å²) in [7, 11) is 0. The Morgan fingerprint density at radius 2 is 0.333 bits per heavy atom. The second kappa shape index (κ2) is 32.1. The molecule has 0 aliphatic heterocycles. The summed E-state index contributed by atoms with van der Waals surface area (Å²) >= 11 is 38.9. The van der Waals surface area contributed by atoms with Crippen molar-refractivity contribution < 1.29 is 102 Å². The molecule has 6 nitrogen and oxygen atoms in total. The largest absolute Gasteiger partial charge is 1.00 e. The van der Waals surface area contributed by atoms with Crippen molar-refractivity contribution in [2.75, 3.05) is 0 Å². The van der Waals surface area contributed by atoms with Crippen molar-refractivity contribution in [3.8, 4) is 0 Å². The summed E-state index contributed by atoms with van der Waals surface area (Å²) in [6, 6.07) is 47.8. The molecule has 0 amide bonds. The molecule has 0 saturated heterocycles. The van der Waals surface area contributed by atoms with Gasteiger partial charge in [-0.25, -0.2) is 0 Å². The molecule has 0 atom stereocenters. The van der Waals surface area contributed by atoms with Gasteiger partial charge in [0, 0.05) is 0 Å². The van der Waals surface area contributed by atoms with Crippen LogP contribution < -0.4 is 0 Å². The molecule has 0 N–H and O–H groups in total. The van der Waals surface area contributed by atoms with Crippen LogP contribution in [0.25, 0.3) is 61.3 Å². The van der Waals surface area contributed by atoms with E-state index in [1.807, 2.05) is 146 Å². The number of aromatic nitrogens is 6. The first-order valence-electron chi connectivity index (χ1n) is 17.3. The molecule has 24 heteroatoms. The zero-order chi connectivity index (χ0) is 41.8. The summed E-state index contributed by atoms with van der Waals surface area (Å²) in [6.45, 7) is 0. The summed E-state index contributed by atoms with van der Waals surface area (Å²) in [5.41, 5.74) is 6.07. The Kier molecular flexibility index (Phi) is 30.7. The van der Waals surface area contributed by atoms with E-state index >= 15 is 0 Å². The fourth-order valence-corrected chi connectivity index (χ4v) is 11.5. The van der Waals surface area contributed by atoms with Crippen molar-refractivity contribution >= 4 is 205 Å². The molecule has 360 valence electrons. The van der Waals surface area contributed by atoms with Crippen LogP contribution in [0, 0.1) is 0 Å². The minimum atomic E-state index is 0. The standard InChI is InChI=1S/6C7H5NS2.6Cu/c6*9-7-8-5-3-1-2-4-6(5)10-7;;;;;;/h6*1-4H,(H,8,9);;;;;;/q;;;;;;6*+1/p-6. The van der Waals surface area contributed by atoms with Crippen LogP contribution in [0.4, 0.5) is 0 Å². The van der Waals surface area contributed by atoms with Crippen molar-refractivity contribution in [3.63, 3.8) is 0 Å². The van der Waals surface area contributed by atoms with Gasteiger partial charge < -0.3 is 144 Å². The first-order valence-corrected chi connectivity index (χ1v) is 24.7. The van der Waals surface area contributed by atoms with Crippen molar-refractivity contribution in [2.45, 2.75) is 26.0 Å². The monoisotopic (exact) mass is 1370 g/mol. The summed E-state index contributed by atoms with van der Waals surface area (Å²) in [4.78, 5) is 24.9. The fourth-order valence-electron chi connectivity index (χ4n) is 5.11. The summed E-state index contributed by atoms with van der Waals surface area (Å²) in [5, 5.41) is 0. The minimum Gasteiger partial charge on any atom is -0.408 e. The van der Waals surface area contributed by atoms with Crippen LogP contribution in [-0.2, 0) is 178 Å². The number of benzene rings is 6. The predicted molar refractivity (Wildman–Crippen MR) is 272 cm³/mol. The number of hydrogen-bond donors (Lipinski definition) is 0. The van der Waals surface area contributed by atoms with Crippen LogP contribution in [0.5, 0.6) is 0 Å². The van der Waals surface area contributed by atoms with E-state index in [9.17, 15) is 0 Å². The van der Waals surface area contributed by atoms with Crippen LogP contribution in [-0.4, -0.2) is 29.9 Å². The quantitative estimate of drug-likeness (QED) is 0.107. The fraction of sp³-hybridized carbons (Fsp3) is 0. The van der Waals surface area contributed by atoms with Crippen molar-refractivity contribution in [2.24, 2.45) is 0 Å². The predicted octanol–water partition coefficient (Wildman–Crippen LogP) is 13.2. The average molecular weight is 1380 g/mol. The molecule has 0 saturated carbocycles. The average Bonchev–Trinajstić information content (AvgIpc) is 4.10. The summed E-state index contributed by atoms with van der Waals surface area (Å²) < 4.78 is 11.4. The molecule has 6 heterocycles. The van der Waals surface area contributed by atoms with Crippen molar-refractivity contribution in [1.29, 1.82) is 0 Å². The van der Waals surface area contributed by atoms with Gasteiger partial charge in [0.2, 0.25) is 0 Å². The molecule has 66 heavy (non-hydrogen) atoms. The molecule has 0 fully saturated rings. The van der Waals surface area contributed by atoms with E-state index in [4.69, 9.17) is 75.8 Å². The van der Waals surface area contributed by atoms with Crippen LogP contribution in [0.1, 0.15) is 0 Å². The third-order valence-electron chi connectivity index (χ3n) is 7.65. The van der Waals surface area contributed by atoms with Gasteiger partial charge in [0.15, 0.2) is 0 Å². The maximum Gasteiger partial charge on any atom is 1.00 e. The van der Waals surface area contributed by atoms with Crippen LogP contribution in [0.3, 0.4) is 0 Å². The number of fused-ring (bicyclic) bond motifs is 6.